The summed E-state index contributed by atoms with van der Waals surface area (Å²) in [5.74, 6) is 3.41. The highest BCUT2D eigenvalue weighted by Gasteiger charge is 2.19. The van der Waals surface area contributed by atoms with E-state index in [1.165, 1.54) is 81.5 Å². The Morgan fingerprint density at radius 2 is 1.30 bits per heavy atom. The molecule has 10 nitrogen and oxygen atoms in total. The standard InChI is InChI=1S/C27H30N4O4.C13H19NO/c1-28-26(32)24-17-22(14-15-29-24)35-21-11-9-20(10-12-21)30-27(33)31-23-16-19(8-13-25(23)34-2)18-6-4-3-5-7-18;1-15-13-8-7-11(9-12(13)14)10-5-3-2-4-6-10/h8-18H,3-7H2,1-2H3,(H,28,32)(H2,30,31,33);7-10H,2-6,14H2,1H3. The fraction of sp³-hybridized carbons (Fsp3) is 0.375. The summed E-state index contributed by atoms with van der Waals surface area (Å²) in [6.45, 7) is 0. The smallest absolute Gasteiger partial charge is 0.323 e. The summed E-state index contributed by atoms with van der Waals surface area (Å²) in [5.41, 5.74) is 10.8. The Morgan fingerprint density at radius 1 is 0.700 bits per heavy atom. The van der Waals surface area contributed by atoms with Gasteiger partial charge in [0, 0.05) is 25.0 Å². The summed E-state index contributed by atoms with van der Waals surface area (Å²) >= 11 is 0. The normalized spacial score (nSPS) is 14.8. The van der Waals surface area contributed by atoms with Crippen molar-refractivity contribution in [1.82, 2.24) is 10.3 Å². The number of ether oxygens (including phenoxy) is 3. The van der Waals surface area contributed by atoms with Gasteiger partial charge in [-0.3, -0.25) is 9.78 Å². The lowest BCUT2D eigenvalue weighted by atomic mass is 9.84. The summed E-state index contributed by atoms with van der Waals surface area (Å²) in [5, 5.41) is 8.29. The SMILES string of the molecule is CNC(=O)c1cc(Oc2ccc(NC(=O)Nc3cc(C4CCCCC4)ccc3OC)cc2)ccn1.COc1ccc(C2CCCCC2)cc1N. The monoisotopic (exact) mass is 679 g/mol. The van der Waals surface area contributed by atoms with Crippen LogP contribution in [0.4, 0.5) is 21.9 Å². The lowest BCUT2D eigenvalue weighted by Gasteiger charge is -2.23. The van der Waals surface area contributed by atoms with Crippen molar-refractivity contribution in [1.29, 1.82) is 0 Å². The molecular weight excluding hydrogens is 630 g/mol. The average molecular weight is 680 g/mol. The molecule has 0 saturated heterocycles. The van der Waals surface area contributed by atoms with E-state index in [0.717, 1.165) is 11.4 Å². The van der Waals surface area contributed by atoms with Crippen LogP contribution in [0, 0.1) is 0 Å². The van der Waals surface area contributed by atoms with Gasteiger partial charge in [-0.05, 0) is 103 Å². The Hall–Kier alpha value is -5.25. The predicted octanol–water partition coefficient (Wildman–Crippen LogP) is 9.26. The molecule has 10 heteroatoms. The van der Waals surface area contributed by atoms with Gasteiger partial charge in [0.2, 0.25) is 0 Å². The molecule has 2 aliphatic carbocycles. The van der Waals surface area contributed by atoms with E-state index in [4.69, 9.17) is 19.9 Å². The van der Waals surface area contributed by atoms with Crippen molar-refractivity contribution in [2.24, 2.45) is 0 Å². The lowest BCUT2D eigenvalue weighted by molar-refractivity contribution is 0.0957. The summed E-state index contributed by atoms with van der Waals surface area (Å²) < 4.78 is 16.4. The fourth-order valence-electron chi connectivity index (χ4n) is 6.71. The van der Waals surface area contributed by atoms with Gasteiger partial charge in [0.1, 0.15) is 28.7 Å². The Balaban J connectivity index is 0.000000269. The Kier molecular flexibility index (Phi) is 12.9. The first-order chi connectivity index (χ1) is 24.4. The molecule has 0 atom stereocenters. The molecule has 0 aliphatic heterocycles. The number of pyridine rings is 1. The number of nitrogens with zero attached hydrogens (tertiary/aromatic N) is 1. The summed E-state index contributed by atoms with van der Waals surface area (Å²) in [4.78, 5) is 28.5. The van der Waals surface area contributed by atoms with Crippen LogP contribution in [0.25, 0.3) is 0 Å². The van der Waals surface area contributed by atoms with E-state index >= 15 is 0 Å². The molecule has 1 aromatic heterocycles. The molecule has 2 fully saturated rings. The van der Waals surface area contributed by atoms with E-state index in [-0.39, 0.29) is 17.6 Å². The second-order valence-corrected chi connectivity index (χ2v) is 12.8. The fourth-order valence-corrected chi connectivity index (χ4v) is 6.71. The number of aromatic nitrogens is 1. The molecular formula is C40H49N5O5. The minimum atomic E-state index is -0.359. The molecule has 0 radical (unpaired) electrons. The third-order valence-corrected chi connectivity index (χ3v) is 9.42. The van der Waals surface area contributed by atoms with E-state index in [0.29, 0.717) is 40.5 Å². The molecule has 5 N–H and O–H groups in total. The van der Waals surface area contributed by atoms with Crippen LogP contribution in [0.2, 0.25) is 0 Å². The number of hydrogen-bond acceptors (Lipinski definition) is 7. The zero-order valence-corrected chi connectivity index (χ0v) is 29.3. The molecule has 2 saturated carbocycles. The number of nitrogen functional groups attached to an aromatic ring is 1. The van der Waals surface area contributed by atoms with Crippen molar-refractivity contribution in [3.63, 3.8) is 0 Å². The van der Waals surface area contributed by atoms with Crippen LogP contribution in [0.5, 0.6) is 23.0 Å². The van der Waals surface area contributed by atoms with Crippen molar-refractivity contribution in [3.05, 3.63) is 95.8 Å². The van der Waals surface area contributed by atoms with Crippen molar-refractivity contribution in [2.75, 3.05) is 37.6 Å². The number of nitrogens with two attached hydrogens (primary N) is 1. The van der Waals surface area contributed by atoms with Crippen LogP contribution in [0.3, 0.4) is 0 Å². The first-order valence-corrected chi connectivity index (χ1v) is 17.5. The minimum Gasteiger partial charge on any atom is -0.495 e. The lowest BCUT2D eigenvalue weighted by Crippen LogP contribution is -2.20. The van der Waals surface area contributed by atoms with E-state index in [1.807, 2.05) is 18.2 Å². The molecule has 0 spiro atoms. The van der Waals surface area contributed by atoms with E-state index in [1.54, 1.807) is 57.7 Å². The number of benzene rings is 3. The molecule has 3 aromatic carbocycles. The van der Waals surface area contributed by atoms with Gasteiger partial charge in [0.25, 0.3) is 5.91 Å². The van der Waals surface area contributed by atoms with Crippen LogP contribution >= 0.6 is 0 Å². The summed E-state index contributed by atoms with van der Waals surface area (Å²) in [6, 6.07) is 22.1. The number of hydrogen-bond donors (Lipinski definition) is 4. The number of carbonyl (C=O) groups is 2. The molecule has 2 aliphatic rings. The highest BCUT2D eigenvalue weighted by atomic mass is 16.5. The van der Waals surface area contributed by atoms with Crippen LogP contribution < -0.4 is 35.9 Å². The Bertz CT molecular complexity index is 1720. The van der Waals surface area contributed by atoms with Crippen molar-refractivity contribution in [2.45, 2.75) is 76.0 Å². The van der Waals surface area contributed by atoms with Crippen molar-refractivity contribution in [3.8, 4) is 23.0 Å². The van der Waals surface area contributed by atoms with Gasteiger partial charge in [-0.2, -0.15) is 0 Å². The number of urea groups is 1. The van der Waals surface area contributed by atoms with Gasteiger partial charge in [-0.1, -0.05) is 50.7 Å². The van der Waals surface area contributed by atoms with Gasteiger partial charge in [0.05, 0.1) is 25.6 Å². The zero-order valence-electron chi connectivity index (χ0n) is 29.3. The molecule has 1 heterocycles. The molecule has 6 rings (SSSR count). The Labute approximate surface area is 295 Å². The van der Waals surface area contributed by atoms with E-state index in [9.17, 15) is 9.59 Å². The molecule has 264 valence electrons. The maximum atomic E-state index is 12.7. The average Bonchev–Trinajstić information content (AvgIpc) is 3.16. The zero-order chi connectivity index (χ0) is 35.3. The summed E-state index contributed by atoms with van der Waals surface area (Å²) in [7, 11) is 4.80. The maximum Gasteiger partial charge on any atom is 0.323 e. The number of amides is 3. The van der Waals surface area contributed by atoms with Gasteiger partial charge in [-0.25, -0.2) is 4.79 Å². The summed E-state index contributed by atoms with van der Waals surface area (Å²) in [6.07, 6.45) is 14.4. The number of carbonyl (C=O) groups excluding carboxylic acids is 2. The molecule has 3 amide bonds. The van der Waals surface area contributed by atoms with Crippen molar-refractivity contribution >= 4 is 29.0 Å². The second kappa shape index (κ2) is 17.9. The first kappa shape index (κ1) is 36.0. The highest BCUT2D eigenvalue weighted by molar-refractivity contribution is 6.00. The molecule has 50 heavy (non-hydrogen) atoms. The van der Waals surface area contributed by atoms with Crippen LogP contribution in [0.1, 0.15) is 97.7 Å². The largest absolute Gasteiger partial charge is 0.495 e. The Morgan fingerprint density at radius 3 is 1.88 bits per heavy atom. The predicted molar refractivity (Wildman–Crippen MR) is 199 cm³/mol. The van der Waals surface area contributed by atoms with Crippen molar-refractivity contribution < 1.29 is 23.8 Å². The number of methoxy groups -OCH3 is 2. The van der Waals surface area contributed by atoms with Crippen LogP contribution in [-0.2, 0) is 0 Å². The maximum absolute atomic E-state index is 12.7. The number of nitrogens with one attached hydrogen (secondary N) is 3. The second-order valence-electron chi connectivity index (χ2n) is 12.8. The van der Waals surface area contributed by atoms with E-state index < -0.39 is 0 Å². The van der Waals surface area contributed by atoms with Crippen LogP contribution in [0.15, 0.2) is 79.0 Å². The van der Waals surface area contributed by atoms with Gasteiger partial charge >= 0.3 is 6.03 Å². The topological polar surface area (TPSA) is 137 Å². The highest BCUT2D eigenvalue weighted by Crippen LogP contribution is 2.37. The molecule has 0 bridgehead atoms. The van der Waals surface area contributed by atoms with Gasteiger partial charge < -0.3 is 35.9 Å². The molecule has 0 unspecified atom stereocenters. The van der Waals surface area contributed by atoms with Crippen LogP contribution in [-0.4, -0.2) is 38.2 Å². The first-order valence-electron chi connectivity index (χ1n) is 17.5. The number of anilines is 3. The quantitative estimate of drug-likeness (QED) is 0.129. The number of rotatable bonds is 9. The third kappa shape index (κ3) is 9.90. The van der Waals surface area contributed by atoms with E-state index in [2.05, 4.69) is 39.1 Å². The van der Waals surface area contributed by atoms with Gasteiger partial charge in [-0.15, -0.1) is 0 Å². The minimum absolute atomic E-state index is 0.267. The van der Waals surface area contributed by atoms with Gasteiger partial charge in [0.15, 0.2) is 0 Å². The molecule has 4 aromatic rings. The third-order valence-electron chi connectivity index (χ3n) is 9.42.